The molecule has 0 saturated heterocycles. The molecule has 6 nitrogen and oxygen atoms in total. The van der Waals surface area contributed by atoms with Gasteiger partial charge in [-0.1, -0.05) is 18.2 Å². The van der Waals surface area contributed by atoms with Crippen LogP contribution in [0, 0.1) is 0 Å². The fourth-order valence-electron chi connectivity index (χ4n) is 1.69. The van der Waals surface area contributed by atoms with E-state index in [4.69, 9.17) is 10.2 Å². The van der Waals surface area contributed by atoms with Gasteiger partial charge in [0, 0.05) is 5.39 Å². The first-order valence-corrected chi connectivity index (χ1v) is 4.94. The zero-order chi connectivity index (χ0) is 11.8. The van der Waals surface area contributed by atoms with Crippen molar-refractivity contribution >= 4 is 16.9 Å². The number of hydrogen-bond donors (Lipinski definition) is 2. The summed E-state index contributed by atoms with van der Waals surface area (Å²) >= 11 is 0. The Balaban J connectivity index is 2.30. The van der Waals surface area contributed by atoms with Gasteiger partial charge in [-0.3, -0.25) is 4.98 Å². The van der Waals surface area contributed by atoms with Crippen molar-refractivity contribution in [3.8, 4) is 11.4 Å². The molecule has 0 fully saturated rings. The summed E-state index contributed by atoms with van der Waals surface area (Å²) in [6.45, 7) is 0. The normalized spacial score (nSPS) is 10.8. The van der Waals surface area contributed by atoms with Crippen LogP contribution in [-0.4, -0.2) is 15.0 Å². The number of H-pyrrole nitrogens is 1. The molecular formula is C11H8N4O2. The van der Waals surface area contributed by atoms with E-state index in [1.54, 1.807) is 0 Å². The lowest BCUT2D eigenvalue weighted by atomic mass is 10.2. The maximum atomic E-state index is 11.2. The quantitative estimate of drug-likeness (QED) is 0.651. The Morgan fingerprint density at radius 3 is 2.88 bits per heavy atom. The van der Waals surface area contributed by atoms with Crippen LogP contribution in [-0.2, 0) is 0 Å². The second-order valence-corrected chi connectivity index (χ2v) is 3.51. The number of rotatable bonds is 1. The van der Waals surface area contributed by atoms with E-state index in [0.29, 0.717) is 11.4 Å². The summed E-state index contributed by atoms with van der Waals surface area (Å²) in [6.07, 6.45) is 1.53. The van der Waals surface area contributed by atoms with Crippen LogP contribution >= 0.6 is 0 Å². The molecule has 0 aliphatic rings. The number of nitrogens with one attached hydrogen (secondary N) is 1. The number of anilines is 1. The Morgan fingerprint density at radius 1 is 1.24 bits per heavy atom. The number of hydrogen-bond acceptors (Lipinski definition) is 5. The Kier molecular flexibility index (Phi) is 1.94. The minimum atomic E-state index is -0.530. The Morgan fingerprint density at radius 2 is 2.06 bits per heavy atom. The molecular weight excluding hydrogens is 220 g/mol. The van der Waals surface area contributed by atoms with Gasteiger partial charge in [0.15, 0.2) is 0 Å². The van der Waals surface area contributed by atoms with Crippen LogP contribution in [0.15, 0.2) is 39.7 Å². The van der Waals surface area contributed by atoms with Crippen molar-refractivity contribution in [2.24, 2.45) is 0 Å². The fraction of sp³-hybridized carbons (Fsp3) is 0. The van der Waals surface area contributed by atoms with Gasteiger partial charge < -0.3 is 10.2 Å². The average molecular weight is 228 g/mol. The lowest BCUT2D eigenvalue weighted by molar-refractivity contribution is 0.616. The highest BCUT2D eigenvalue weighted by Crippen LogP contribution is 2.27. The molecule has 17 heavy (non-hydrogen) atoms. The van der Waals surface area contributed by atoms with E-state index >= 15 is 0 Å². The van der Waals surface area contributed by atoms with Crippen molar-refractivity contribution in [3.63, 3.8) is 0 Å². The number of nitrogen functional groups attached to an aromatic ring is 1. The molecule has 6 heteroatoms. The second kappa shape index (κ2) is 3.44. The zero-order valence-corrected chi connectivity index (χ0v) is 8.68. The Hall–Kier alpha value is -2.63. The first-order valence-electron chi connectivity index (χ1n) is 4.94. The summed E-state index contributed by atoms with van der Waals surface area (Å²) in [6, 6.07) is 7.46. The Bertz CT molecular complexity index is 744. The molecule has 0 amide bonds. The van der Waals surface area contributed by atoms with Crippen LogP contribution < -0.4 is 11.4 Å². The van der Waals surface area contributed by atoms with E-state index in [9.17, 15) is 4.79 Å². The topological polar surface area (TPSA) is 97.8 Å². The van der Waals surface area contributed by atoms with Crippen molar-refractivity contribution in [2.45, 2.75) is 0 Å². The molecule has 3 aromatic rings. The summed E-state index contributed by atoms with van der Waals surface area (Å²) in [4.78, 5) is 21.2. The molecule has 1 aromatic carbocycles. The van der Waals surface area contributed by atoms with Crippen molar-refractivity contribution in [1.82, 2.24) is 15.0 Å². The van der Waals surface area contributed by atoms with E-state index in [1.165, 1.54) is 6.26 Å². The van der Waals surface area contributed by atoms with E-state index in [2.05, 4.69) is 15.0 Å². The lowest BCUT2D eigenvalue weighted by Crippen LogP contribution is -2.15. The molecule has 0 bridgehead atoms. The van der Waals surface area contributed by atoms with Crippen molar-refractivity contribution < 1.29 is 4.42 Å². The van der Waals surface area contributed by atoms with E-state index in [0.717, 1.165) is 11.0 Å². The molecule has 0 spiro atoms. The fourth-order valence-corrected chi connectivity index (χ4v) is 1.69. The van der Waals surface area contributed by atoms with Gasteiger partial charge in [0.1, 0.15) is 17.7 Å². The number of benzene rings is 1. The van der Waals surface area contributed by atoms with Crippen LogP contribution in [0.2, 0.25) is 0 Å². The molecule has 84 valence electrons. The Labute approximate surface area is 95.1 Å². The monoisotopic (exact) mass is 228 g/mol. The van der Waals surface area contributed by atoms with E-state index < -0.39 is 5.69 Å². The zero-order valence-electron chi connectivity index (χ0n) is 8.68. The lowest BCUT2D eigenvalue weighted by Gasteiger charge is -1.97. The molecule has 3 rings (SSSR count). The molecule has 3 N–H and O–H groups in total. The standard InChI is InChI=1S/C11H8N4O2/c12-10-13-9(14-11(16)15-10)7-5-17-8-4-2-1-3-6(7)8/h1-5H,(H3,12,13,14,15,16). The largest absolute Gasteiger partial charge is 0.464 e. The van der Waals surface area contributed by atoms with Gasteiger partial charge in [0.25, 0.3) is 0 Å². The molecule has 0 saturated carbocycles. The second-order valence-electron chi connectivity index (χ2n) is 3.51. The summed E-state index contributed by atoms with van der Waals surface area (Å²) in [5, 5.41) is 0.862. The highest BCUT2D eigenvalue weighted by atomic mass is 16.3. The molecule has 0 aliphatic carbocycles. The van der Waals surface area contributed by atoms with Gasteiger partial charge in [0.05, 0.1) is 5.56 Å². The predicted octanol–water partition coefficient (Wildman–Crippen LogP) is 1.16. The van der Waals surface area contributed by atoms with Crippen LogP contribution in [0.1, 0.15) is 0 Å². The van der Waals surface area contributed by atoms with Crippen molar-refractivity contribution in [1.29, 1.82) is 0 Å². The van der Waals surface area contributed by atoms with Gasteiger partial charge in [-0.25, -0.2) is 4.79 Å². The number of nitrogens with zero attached hydrogens (tertiary/aromatic N) is 2. The maximum Gasteiger partial charge on any atom is 0.349 e. The van der Waals surface area contributed by atoms with Crippen LogP contribution in [0.3, 0.4) is 0 Å². The van der Waals surface area contributed by atoms with Gasteiger partial charge in [-0.15, -0.1) is 0 Å². The first-order chi connectivity index (χ1) is 8.24. The summed E-state index contributed by atoms with van der Waals surface area (Å²) in [7, 11) is 0. The highest BCUT2D eigenvalue weighted by molar-refractivity contribution is 5.91. The van der Waals surface area contributed by atoms with E-state index in [-0.39, 0.29) is 5.95 Å². The van der Waals surface area contributed by atoms with Crippen LogP contribution in [0.25, 0.3) is 22.4 Å². The van der Waals surface area contributed by atoms with Gasteiger partial charge >= 0.3 is 5.69 Å². The van der Waals surface area contributed by atoms with Crippen molar-refractivity contribution in [2.75, 3.05) is 5.73 Å². The highest BCUT2D eigenvalue weighted by Gasteiger charge is 2.10. The van der Waals surface area contributed by atoms with Crippen molar-refractivity contribution in [3.05, 3.63) is 41.0 Å². The molecule has 2 aromatic heterocycles. The van der Waals surface area contributed by atoms with Gasteiger partial charge in [0.2, 0.25) is 5.95 Å². The third kappa shape index (κ3) is 1.55. The van der Waals surface area contributed by atoms with Crippen LogP contribution in [0.4, 0.5) is 5.95 Å². The van der Waals surface area contributed by atoms with Crippen LogP contribution in [0.5, 0.6) is 0 Å². The maximum absolute atomic E-state index is 11.2. The minimum absolute atomic E-state index is 0.0611. The third-order valence-electron chi connectivity index (χ3n) is 2.40. The molecule has 2 heterocycles. The minimum Gasteiger partial charge on any atom is -0.464 e. The number of para-hydroxylation sites is 1. The summed E-state index contributed by atoms with van der Waals surface area (Å²) in [5.41, 5.74) is 6.32. The van der Waals surface area contributed by atoms with Gasteiger partial charge in [-0.05, 0) is 6.07 Å². The SMILES string of the molecule is Nc1nc(-c2coc3ccccc23)[nH]c(=O)n1. The van der Waals surface area contributed by atoms with E-state index in [1.807, 2.05) is 24.3 Å². The smallest absolute Gasteiger partial charge is 0.349 e. The first kappa shape index (κ1) is 9.59. The predicted molar refractivity (Wildman–Crippen MR) is 62.3 cm³/mol. The molecule has 0 atom stereocenters. The third-order valence-corrected chi connectivity index (χ3v) is 2.40. The summed E-state index contributed by atoms with van der Waals surface area (Å²) in [5.74, 6) is 0.293. The number of fused-ring (bicyclic) bond motifs is 1. The average Bonchev–Trinajstić information content (AvgIpc) is 2.71. The van der Waals surface area contributed by atoms with Gasteiger partial charge in [-0.2, -0.15) is 9.97 Å². The summed E-state index contributed by atoms with van der Waals surface area (Å²) < 4.78 is 5.36. The molecule has 0 unspecified atom stereocenters. The number of nitrogens with two attached hydrogens (primary N) is 1. The number of furan rings is 1. The molecule has 0 radical (unpaired) electrons. The number of aromatic amines is 1. The molecule has 0 aliphatic heterocycles. The number of aromatic nitrogens is 3.